The fraction of sp³-hybridized carbons (Fsp3) is 0. The van der Waals surface area contributed by atoms with E-state index in [9.17, 15) is 0 Å². The lowest BCUT2D eigenvalue weighted by Crippen LogP contribution is -1.89. The van der Waals surface area contributed by atoms with Crippen molar-refractivity contribution in [3.8, 4) is 0 Å². The van der Waals surface area contributed by atoms with Crippen molar-refractivity contribution >= 4 is 77.7 Å². The van der Waals surface area contributed by atoms with E-state index in [1.165, 1.54) is 0 Å². The quantitative estimate of drug-likeness (QED) is 0.0670. The van der Waals surface area contributed by atoms with Crippen molar-refractivity contribution in [1.82, 2.24) is 0 Å². The molecule has 0 aliphatic heterocycles. The van der Waals surface area contributed by atoms with E-state index in [4.69, 9.17) is 67.1 Å². The fourth-order valence-corrected chi connectivity index (χ4v) is 0. The highest BCUT2D eigenvalue weighted by atomic mass is 127. The maximum Gasteiger partial charge on any atom is 0.503 e. The van der Waals surface area contributed by atoms with E-state index in [1.54, 1.807) is 0 Å². The van der Waals surface area contributed by atoms with E-state index < -0.39 is 29.5 Å². The van der Waals surface area contributed by atoms with E-state index >= 15 is 0 Å². The summed E-state index contributed by atoms with van der Waals surface area (Å²) in [5.74, 6) is 0. The molecule has 0 radical (unpaired) electrons. The van der Waals surface area contributed by atoms with Crippen LogP contribution in [0.25, 0.3) is 0 Å². The van der Waals surface area contributed by atoms with E-state index in [-0.39, 0.29) is 53.4 Å². The van der Waals surface area contributed by atoms with Crippen LogP contribution in [0.1, 0.15) is 0 Å². The first-order valence-electron chi connectivity index (χ1n) is 2.68. The minimum Gasteiger partial charge on any atom is -0.450 e. The number of rotatable bonds is 0. The summed E-state index contributed by atoms with van der Waals surface area (Å²) in [6, 6.07) is 0. The van der Waals surface area contributed by atoms with Crippen LogP contribution in [0.15, 0.2) is 0 Å². The zero-order valence-electron chi connectivity index (χ0n) is 9.02. The molecule has 0 spiro atoms. The molecule has 0 aromatic carbocycles. The topological polar surface area (TPSA) is 276 Å². The van der Waals surface area contributed by atoms with Crippen molar-refractivity contribution in [2.24, 2.45) is 0 Å². The first kappa shape index (κ1) is 42.8. The van der Waals surface area contributed by atoms with Gasteiger partial charge in [-0.2, -0.15) is 8.42 Å². The third-order valence-electron chi connectivity index (χ3n) is 0. The summed E-state index contributed by atoms with van der Waals surface area (Å²) in [5.41, 5.74) is 0. The van der Waals surface area contributed by atoms with Crippen LogP contribution in [0.3, 0.4) is 0 Å². The summed E-state index contributed by atoms with van der Waals surface area (Å²) >= 11 is 0. The summed E-state index contributed by atoms with van der Waals surface area (Å²) in [6.07, 6.45) is -1.83. The van der Waals surface area contributed by atoms with Gasteiger partial charge in [-0.1, -0.05) is 0 Å². The number of nitrogens with zero attached hydrogens (tertiary/aromatic N) is 1. The monoisotopic (exact) mass is 564 g/mol. The van der Waals surface area contributed by atoms with E-state index in [0.29, 0.717) is 0 Å². The van der Waals surface area contributed by atoms with Gasteiger partial charge >= 0.3 is 24.4 Å². The largest absolute Gasteiger partial charge is 0.503 e. The summed E-state index contributed by atoms with van der Waals surface area (Å²) < 4.78 is 40.5. The second kappa shape index (κ2) is 22.2. The predicted molar refractivity (Wildman–Crippen MR) is 82.4 cm³/mol. The zero-order chi connectivity index (χ0) is 16.2. The van der Waals surface area contributed by atoms with Gasteiger partial charge in [-0.3, -0.25) is 9.11 Å². The zero-order valence-corrected chi connectivity index (χ0v) is 15.6. The van der Waals surface area contributed by atoms with Crippen LogP contribution in [0.5, 0.6) is 0 Å². The van der Waals surface area contributed by atoms with Crippen LogP contribution in [0, 0.1) is 15.3 Å². The average Bonchev–Trinajstić information content (AvgIpc) is 1.70. The van der Waals surface area contributed by atoms with E-state index in [1.807, 2.05) is 0 Å². The summed E-state index contributed by atoms with van der Waals surface area (Å²) in [7, 11) is -9.31. The molecule has 0 aliphatic rings. The predicted octanol–water partition coefficient (Wildman–Crippen LogP) is 0.0196. The summed E-state index contributed by atoms with van der Waals surface area (Å²) in [4.78, 5) is 38.4. The Morgan fingerprint density at radius 3 is 1.05 bits per heavy atom. The Morgan fingerprint density at radius 2 is 1.05 bits per heavy atom. The molecule has 15 nitrogen and oxygen atoms in total. The van der Waals surface area contributed by atoms with Gasteiger partial charge in [-0.15, -0.1) is 53.4 Å². The van der Waals surface area contributed by atoms with Crippen molar-refractivity contribution in [1.29, 1.82) is 0 Å². The lowest BCUT2D eigenvalue weighted by molar-refractivity contribution is -0.402. The van der Waals surface area contributed by atoms with Gasteiger partial charge in [-0.25, -0.2) is 9.36 Å². The van der Waals surface area contributed by atoms with E-state index in [0.717, 1.165) is 0 Å². The third kappa shape index (κ3) is 2570000. The van der Waals surface area contributed by atoms with Crippen molar-refractivity contribution in [2.45, 2.75) is 0 Å². The van der Waals surface area contributed by atoms with Gasteiger partial charge in [0.2, 0.25) is 0 Å². The molecule has 0 saturated carbocycles. The number of hydrogen-bond donors (Lipinski definition) is 7. The number of carbonyl (C=O) groups is 1. The highest BCUT2D eigenvalue weighted by molar-refractivity contribution is 14.0. The Morgan fingerprint density at radius 1 is 1.05 bits per heavy atom. The smallest absolute Gasteiger partial charge is 0.450 e. The van der Waals surface area contributed by atoms with Gasteiger partial charge in [0.25, 0.3) is 0 Å². The molecule has 21 heavy (non-hydrogen) atoms. The summed E-state index contributed by atoms with van der Waals surface area (Å²) in [5, 5.41) is 28.7. The highest BCUT2D eigenvalue weighted by Gasteiger charge is 2.00. The van der Waals surface area contributed by atoms with Crippen molar-refractivity contribution < 1.29 is 56.9 Å². The van der Waals surface area contributed by atoms with Gasteiger partial charge < -0.3 is 40.2 Å². The molecule has 0 aliphatic carbocycles. The minimum atomic E-state index is -4.67. The lowest BCUT2D eigenvalue weighted by atomic mass is 11.5. The molecule has 0 saturated heterocycles. The molecule has 136 valence electrons. The number of hydrogen-bond acceptors (Lipinski definition) is 7. The molecule has 0 aromatic heterocycles. The van der Waals surface area contributed by atoms with Crippen LogP contribution in [0.2, 0.25) is 0 Å². The van der Waals surface area contributed by atoms with Gasteiger partial charge in [0.1, 0.15) is 0 Å². The van der Waals surface area contributed by atoms with Crippen LogP contribution >= 0.6 is 61.2 Å². The number of carboxylic acid groups (broad SMARTS) is 2. The van der Waals surface area contributed by atoms with Crippen molar-refractivity contribution in [2.75, 3.05) is 0 Å². The molecular formula is CH10BrClINO14PS-. The first-order chi connectivity index (χ1) is 7.46. The average molecular weight is 565 g/mol. The lowest BCUT2D eigenvalue weighted by Gasteiger charge is -1.82. The number of phosphoric acid groups is 1. The van der Waals surface area contributed by atoms with E-state index in [2.05, 4.69) is 0 Å². The Hall–Kier alpha value is -0.0500. The molecule has 20 heteroatoms. The normalized spacial score (nSPS) is 7.86. The second-order valence-corrected chi connectivity index (χ2v) is 3.39. The van der Waals surface area contributed by atoms with Crippen LogP contribution in [-0.4, -0.2) is 53.7 Å². The number of halogens is 3. The molecule has 0 unspecified atom stereocenters. The Kier molecular flexibility index (Phi) is 45.4. The molecule has 0 rings (SSSR count). The van der Waals surface area contributed by atoms with Crippen LogP contribution in [0.4, 0.5) is 4.79 Å². The first-order valence-corrected chi connectivity index (χ1v) is 5.64. The molecular weight excluding hydrogens is 555 g/mol. The van der Waals surface area contributed by atoms with Crippen molar-refractivity contribution in [3.63, 3.8) is 0 Å². The van der Waals surface area contributed by atoms with Gasteiger partial charge in [0, 0.05) is 0 Å². The molecule has 0 bridgehead atoms. The SMILES string of the molecule is Br.Cl.I.O=C(O)O.O=P(O)(O)O.O=S(=O)(O)O.O=[N+]([O-])[O-]. The maximum atomic E-state index is 8.88. The molecule has 0 amide bonds. The van der Waals surface area contributed by atoms with Gasteiger partial charge in [0.05, 0.1) is 5.09 Å². The van der Waals surface area contributed by atoms with Crippen molar-refractivity contribution in [3.05, 3.63) is 15.3 Å². The fourth-order valence-electron chi connectivity index (χ4n) is 0. The van der Waals surface area contributed by atoms with Crippen LogP contribution in [-0.2, 0) is 15.0 Å². The molecule has 0 fully saturated rings. The van der Waals surface area contributed by atoms with Gasteiger partial charge in [0.15, 0.2) is 0 Å². The molecule has 7 N–H and O–H groups in total. The standard InChI is InChI=1S/CH2O3.BrH.ClH.HI.NO3.H3O4P.H2O4S/c2-1(3)4;;;;2-1(3)4;2*1-5(2,3)4/h(H2,2,3,4);3*1H;;(H3,1,2,3,4);(H2,1,2,3,4)/q;;;;-1;;. The van der Waals surface area contributed by atoms with Crippen LogP contribution < -0.4 is 0 Å². The Bertz CT molecular complexity index is 342. The molecule has 0 heterocycles. The molecule has 0 atom stereocenters. The second-order valence-electron chi connectivity index (χ2n) is 1.47. The highest BCUT2D eigenvalue weighted by Crippen LogP contribution is 2.25. The minimum absolute atomic E-state index is 0. The Balaban J connectivity index is -0.0000000239. The molecule has 0 aromatic rings. The van der Waals surface area contributed by atoms with Gasteiger partial charge in [-0.05, 0) is 0 Å². The maximum absolute atomic E-state index is 8.88. The Labute approximate surface area is 149 Å². The summed E-state index contributed by atoms with van der Waals surface area (Å²) in [6.45, 7) is 0. The third-order valence-corrected chi connectivity index (χ3v) is 0.